The van der Waals surface area contributed by atoms with Gasteiger partial charge in [-0.15, -0.1) is 0 Å². The molecular weight excluding hydrogens is 268 g/mol. The van der Waals surface area contributed by atoms with Gasteiger partial charge in [0.2, 0.25) is 0 Å². The van der Waals surface area contributed by atoms with E-state index in [1.807, 2.05) is 0 Å². The number of halogens is 1. The Hall–Kier alpha value is -1.75. The third-order valence-electron chi connectivity index (χ3n) is 3.28. The molecule has 0 spiro atoms. The third kappa shape index (κ3) is 3.61. The van der Waals surface area contributed by atoms with Crippen LogP contribution < -0.4 is 10.6 Å². The van der Waals surface area contributed by atoms with E-state index in [0.29, 0.717) is 23.6 Å². The number of benzene rings is 1. The predicted molar refractivity (Wildman–Crippen MR) is 72.4 cm³/mol. The zero-order valence-electron chi connectivity index (χ0n) is 10.3. The van der Waals surface area contributed by atoms with Crippen LogP contribution in [-0.4, -0.2) is 22.6 Å². The van der Waals surface area contributed by atoms with Crippen LogP contribution >= 0.6 is 11.6 Å². The van der Waals surface area contributed by atoms with Gasteiger partial charge in [0.25, 0.3) is 0 Å². The van der Waals surface area contributed by atoms with Crippen LogP contribution in [0.1, 0.15) is 25.7 Å². The van der Waals surface area contributed by atoms with E-state index >= 15 is 0 Å². The van der Waals surface area contributed by atoms with Crippen molar-refractivity contribution in [3.63, 3.8) is 0 Å². The van der Waals surface area contributed by atoms with Crippen molar-refractivity contribution in [2.45, 2.75) is 31.2 Å². The minimum atomic E-state index is -0.897. The van der Waals surface area contributed by atoms with Gasteiger partial charge in [0, 0.05) is 10.7 Å². The summed E-state index contributed by atoms with van der Waals surface area (Å²) in [6.45, 7) is 0. The highest BCUT2D eigenvalue weighted by atomic mass is 35.5. The van der Waals surface area contributed by atoms with Crippen molar-refractivity contribution in [3.8, 4) is 0 Å². The second kappa shape index (κ2) is 5.48. The van der Waals surface area contributed by atoms with Gasteiger partial charge in [0.15, 0.2) is 0 Å². The number of anilines is 1. The molecule has 0 atom stereocenters. The first-order chi connectivity index (χ1) is 8.99. The number of hydrogen-bond acceptors (Lipinski definition) is 2. The lowest BCUT2D eigenvalue weighted by molar-refractivity contribution is -0.139. The number of amides is 2. The number of hydrogen-bond donors (Lipinski definition) is 3. The van der Waals surface area contributed by atoms with Crippen LogP contribution in [0.4, 0.5) is 10.5 Å². The van der Waals surface area contributed by atoms with Crippen molar-refractivity contribution in [1.29, 1.82) is 0 Å². The summed E-state index contributed by atoms with van der Waals surface area (Å²) >= 11 is 5.75. The van der Waals surface area contributed by atoms with Gasteiger partial charge in [-0.3, -0.25) is 4.79 Å². The van der Waals surface area contributed by atoms with E-state index in [9.17, 15) is 9.59 Å². The van der Waals surface area contributed by atoms with Gasteiger partial charge in [0.1, 0.15) is 0 Å². The number of carbonyl (C=O) groups excluding carboxylic acids is 1. The molecule has 6 heteroatoms. The van der Waals surface area contributed by atoms with Crippen LogP contribution in [0.25, 0.3) is 0 Å². The summed E-state index contributed by atoms with van der Waals surface area (Å²) in [5.41, 5.74) is 0.0224. The molecular formula is C13H15ClN2O3. The lowest BCUT2D eigenvalue weighted by Crippen LogP contribution is -2.55. The molecule has 0 bridgehead atoms. The van der Waals surface area contributed by atoms with Crippen molar-refractivity contribution in [2.24, 2.45) is 0 Å². The van der Waals surface area contributed by atoms with Crippen molar-refractivity contribution in [3.05, 3.63) is 29.3 Å². The standard InChI is InChI=1S/C13H15ClN2O3/c14-9-2-4-10(5-3-9)15-12(19)16-13(6-1-7-13)8-11(17)18/h2-5H,1,6-8H2,(H,17,18)(H2,15,16,19). The molecule has 0 unspecified atom stereocenters. The van der Waals surface area contributed by atoms with Gasteiger partial charge in [-0.25, -0.2) is 4.79 Å². The number of carboxylic acids is 1. The van der Waals surface area contributed by atoms with E-state index < -0.39 is 11.5 Å². The maximum Gasteiger partial charge on any atom is 0.319 e. The Labute approximate surface area is 116 Å². The molecule has 1 aliphatic rings. The third-order valence-corrected chi connectivity index (χ3v) is 3.53. The predicted octanol–water partition coefficient (Wildman–Crippen LogP) is 2.86. The normalized spacial score (nSPS) is 16.3. The topological polar surface area (TPSA) is 78.4 Å². The Kier molecular flexibility index (Phi) is 3.95. The molecule has 102 valence electrons. The fourth-order valence-electron chi connectivity index (χ4n) is 2.18. The number of aliphatic carboxylic acids is 1. The van der Waals surface area contributed by atoms with Gasteiger partial charge in [-0.1, -0.05) is 11.6 Å². The van der Waals surface area contributed by atoms with Crippen molar-refractivity contribution < 1.29 is 14.7 Å². The lowest BCUT2D eigenvalue weighted by atomic mass is 9.74. The molecule has 1 aromatic rings. The Morgan fingerprint density at radius 3 is 2.37 bits per heavy atom. The van der Waals surface area contributed by atoms with Crippen molar-refractivity contribution in [2.75, 3.05) is 5.32 Å². The molecule has 1 aliphatic carbocycles. The summed E-state index contributed by atoms with van der Waals surface area (Å²) in [7, 11) is 0. The van der Waals surface area contributed by atoms with Crippen LogP contribution in [-0.2, 0) is 4.79 Å². The summed E-state index contributed by atoms with van der Waals surface area (Å²) in [4.78, 5) is 22.6. The van der Waals surface area contributed by atoms with Gasteiger partial charge >= 0.3 is 12.0 Å². The Morgan fingerprint density at radius 2 is 1.89 bits per heavy atom. The second-order valence-electron chi connectivity index (χ2n) is 4.79. The largest absolute Gasteiger partial charge is 0.481 e. The van der Waals surface area contributed by atoms with E-state index in [4.69, 9.17) is 16.7 Å². The fraction of sp³-hybridized carbons (Fsp3) is 0.385. The van der Waals surface area contributed by atoms with Gasteiger partial charge in [-0.05, 0) is 43.5 Å². The molecule has 2 amide bonds. The van der Waals surface area contributed by atoms with E-state index in [2.05, 4.69) is 10.6 Å². The molecule has 2 rings (SSSR count). The van der Waals surface area contributed by atoms with Gasteiger partial charge in [0.05, 0.1) is 12.0 Å². The van der Waals surface area contributed by atoms with E-state index in [-0.39, 0.29) is 12.5 Å². The van der Waals surface area contributed by atoms with Gasteiger partial charge in [-0.2, -0.15) is 0 Å². The Balaban J connectivity index is 1.93. The number of carbonyl (C=O) groups is 2. The van der Waals surface area contributed by atoms with Crippen LogP contribution in [0.2, 0.25) is 5.02 Å². The number of urea groups is 1. The highest BCUT2D eigenvalue weighted by Gasteiger charge is 2.40. The van der Waals surface area contributed by atoms with Crippen molar-refractivity contribution >= 4 is 29.3 Å². The van der Waals surface area contributed by atoms with E-state index in [0.717, 1.165) is 6.42 Å². The zero-order chi connectivity index (χ0) is 13.9. The van der Waals surface area contributed by atoms with Crippen LogP contribution in [0.15, 0.2) is 24.3 Å². The molecule has 0 saturated heterocycles. The van der Waals surface area contributed by atoms with E-state index in [1.165, 1.54) is 0 Å². The second-order valence-corrected chi connectivity index (χ2v) is 5.23. The minimum absolute atomic E-state index is 0.0406. The zero-order valence-corrected chi connectivity index (χ0v) is 11.0. The first kappa shape index (κ1) is 13.7. The monoisotopic (exact) mass is 282 g/mol. The number of nitrogens with one attached hydrogen (secondary N) is 2. The quantitative estimate of drug-likeness (QED) is 0.794. The molecule has 1 aromatic carbocycles. The SMILES string of the molecule is O=C(O)CC1(NC(=O)Nc2ccc(Cl)cc2)CCC1. The maximum absolute atomic E-state index is 11.8. The number of carboxylic acid groups (broad SMARTS) is 1. The van der Waals surface area contributed by atoms with E-state index in [1.54, 1.807) is 24.3 Å². The molecule has 1 fully saturated rings. The summed E-state index contributed by atoms with van der Waals surface area (Å²) < 4.78 is 0. The lowest BCUT2D eigenvalue weighted by Gasteiger charge is -2.41. The smallest absolute Gasteiger partial charge is 0.319 e. The van der Waals surface area contributed by atoms with Crippen LogP contribution in [0.5, 0.6) is 0 Å². The molecule has 0 aliphatic heterocycles. The summed E-state index contributed by atoms with van der Waals surface area (Å²) in [5.74, 6) is -0.897. The molecule has 0 aromatic heterocycles. The average molecular weight is 283 g/mol. The summed E-state index contributed by atoms with van der Waals surface area (Å²) in [5, 5.41) is 14.9. The summed E-state index contributed by atoms with van der Waals surface area (Å²) in [6.07, 6.45) is 2.30. The Bertz CT molecular complexity index is 483. The minimum Gasteiger partial charge on any atom is -0.481 e. The first-order valence-electron chi connectivity index (χ1n) is 6.06. The summed E-state index contributed by atoms with van der Waals surface area (Å²) in [6, 6.07) is 6.34. The van der Waals surface area contributed by atoms with Crippen LogP contribution in [0, 0.1) is 0 Å². The Morgan fingerprint density at radius 1 is 1.26 bits per heavy atom. The molecule has 19 heavy (non-hydrogen) atoms. The molecule has 0 radical (unpaired) electrons. The molecule has 0 heterocycles. The van der Waals surface area contributed by atoms with Crippen LogP contribution in [0.3, 0.4) is 0 Å². The fourth-order valence-corrected chi connectivity index (χ4v) is 2.30. The molecule has 1 saturated carbocycles. The highest BCUT2D eigenvalue weighted by molar-refractivity contribution is 6.30. The first-order valence-corrected chi connectivity index (χ1v) is 6.43. The molecule has 3 N–H and O–H groups in total. The maximum atomic E-state index is 11.8. The molecule has 5 nitrogen and oxygen atoms in total. The highest BCUT2D eigenvalue weighted by Crippen LogP contribution is 2.34. The number of rotatable bonds is 4. The van der Waals surface area contributed by atoms with Gasteiger partial charge < -0.3 is 15.7 Å². The van der Waals surface area contributed by atoms with Crippen molar-refractivity contribution in [1.82, 2.24) is 5.32 Å². The average Bonchev–Trinajstić information content (AvgIpc) is 2.28.